The third-order valence-corrected chi connectivity index (χ3v) is 6.82. The number of carbonyl (C=O) groups is 1. The minimum absolute atomic E-state index is 0.229. The normalized spacial score (nSPS) is 15.8. The van der Waals surface area contributed by atoms with Crippen LogP contribution in [0.2, 0.25) is 0 Å². The first-order chi connectivity index (χ1) is 13.9. The van der Waals surface area contributed by atoms with Crippen molar-refractivity contribution in [3.8, 4) is 0 Å². The molecule has 7 heteroatoms. The highest BCUT2D eigenvalue weighted by atomic mass is 32.2. The van der Waals surface area contributed by atoms with E-state index in [-0.39, 0.29) is 16.8 Å². The second-order valence-electron chi connectivity index (χ2n) is 6.98. The number of anilines is 2. The van der Waals surface area contributed by atoms with Crippen molar-refractivity contribution in [2.45, 2.75) is 24.3 Å². The van der Waals surface area contributed by atoms with Gasteiger partial charge in [0, 0.05) is 17.3 Å². The summed E-state index contributed by atoms with van der Waals surface area (Å²) >= 11 is 0. The summed E-state index contributed by atoms with van der Waals surface area (Å²) in [7, 11) is -3.70. The van der Waals surface area contributed by atoms with Gasteiger partial charge in [0.2, 0.25) is 0 Å². The molecule has 0 bridgehead atoms. The second-order valence-corrected chi connectivity index (χ2v) is 8.79. The number of nitrogens with one attached hydrogen (secondary N) is 1. The zero-order valence-corrected chi connectivity index (χ0v) is 16.5. The molecule has 0 saturated heterocycles. The number of sulfonamides is 1. The molecule has 29 heavy (non-hydrogen) atoms. The molecule has 3 aromatic rings. The van der Waals surface area contributed by atoms with Crippen LogP contribution in [-0.2, 0) is 16.4 Å². The lowest BCUT2D eigenvalue weighted by Crippen LogP contribution is -2.35. The predicted molar refractivity (Wildman–Crippen MR) is 110 cm³/mol. The minimum atomic E-state index is -3.70. The Morgan fingerprint density at radius 3 is 2.52 bits per heavy atom. The van der Waals surface area contributed by atoms with Gasteiger partial charge < -0.3 is 5.32 Å². The fourth-order valence-electron chi connectivity index (χ4n) is 3.59. The third kappa shape index (κ3) is 3.61. The molecule has 0 spiro atoms. The molecule has 0 unspecified atom stereocenters. The Kier molecular flexibility index (Phi) is 4.84. The molecule has 0 saturated carbocycles. The highest BCUT2D eigenvalue weighted by Crippen LogP contribution is 2.37. The van der Waals surface area contributed by atoms with E-state index in [0.717, 1.165) is 5.56 Å². The summed E-state index contributed by atoms with van der Waals surface area (Å²) in [5, 5.41) is 2.66. The van der Waals surface area contributed by atoms with Crippen molar-refractivity contribution >= 4 is 27.3 Å². The van der Waals surface area contributed by atoms with E-state index in [9.17, 15) is 17.6 Å². The standard InChI is InChI=1S/C22H19FN2O3S/c1-15-12-17-13-16(22(26)24-19-7-5-6-18(23)14-19)10-11-21(17)25(15)29(27,28)20-8-3-2-4-9-20/h2-11,13-15H,12H2,1H3,(H,24,26)/t15-/m0/s1. The summed E-state index contributed by atoms with van der Waals surface area (Å²) in [5.74, 6) is -0.817. The van der Waals surface area contributed by atoms with Gasteiger partial charge in [0.1, 0.15) is 5.82 Å². The predicted octanol–water partition coefficient (Wildman–Crippen LogP) is 4.22. The van der Waals surface area contributed by atoms with Gasteiger partial charge in [-0.2, -0.15) is 0 Å². The maximum atomic E-state index is 13.3. The van der Waals surface area contributed by atoms with Crippen LogP contribution >= 0.6 is 0 Å². The quantitative estimate of drug-likeness (QED) is 0.700. The number of carbonyl (C=O) groups excluding carboxylic acids is 1. The van der Waals surface area contributed by atoms with Gasteiger partial charge in [0.05, 0.1) is 10.6 Å². The van der Waals surface area contributed by atoms with E-state index in [1.165, 1.54) is 22.5 Å². The third-order valence-electron chi connectivity index (χ3n) is 4.88. The number of benzene rings is 3. The molecule has 1 N–H and O–H groups in total. The van der Waals surface area contributed by atoms with E-state index in [4.69, 9.17) is 0 Å². The van der Waals surface area contributed by atoms with Gasteiger partial charge in [0.25, 0.3) is 15.9 Å². The number of hydrogen-bond donors (Lipinski definition) is 1. The fraction of sp³-hybridized carbons (Fsp3) is 0.136. The lowest BCUT2D eigenvalue weighted by molar-refractivity contribution is 0.102. The van der Waals surface area contributed by atoms with E-state index >= 15 is 0 Å². The Balaban J connectivity index is 1.63. The van der Waals surface area contributed by atoms with Crippen molar-refractivity contribution in [1.29, 1.82) is 0 Å². The molecule has 1 atom stereocenters. The molecule has 1 amide bonds. The lowest BCUT2D eigenvalue weighted by Gasteiger charge is -2.24. The summed E-state index contributed by atoms with van der Waals surface area (Å²) in [6.07, 6.45) is 0.502. The van der Waals surface area contributed by atoms with Crippen molar-refractivity contribution in [3.05, 3.63) is 89.7 Å². The van der Waals surface area contributed by atoms with E-state index in [1.54, 1.807) is 54.6 Å². The first-order valence-corrected chi connectivity index (χ1v) is 10.6. The number of amides is 1. The zero-order valence-electron chi connectivity index (χ0n) is 15.7. The van der Waals surface area contributed by atoms with Crippen molar-refractivity contribution < 1.29 is 17.6 Å². The van der Waals surface area contributed by atoms with Gasteiger partial charge in [-0.15, -0.1) is 0 Å². The highest BCUT2D eigenvalue weighted by Gasteiger charge is 2.36. The number of nitrogens with zero attached hydrogens (tertiary/aromatic N) is 1. The summed E-state index contributed by atoms with van der Waals surface area (Å²) in [5.41, 5.74) is 2.10. The van der Waals surface area contributed by atoms with Crippen LogP contribution in [0.25, 0.3) is 0 Å². The highest BCUT2D eigenvalue weighted by molar-refractivity contribution is 7.92. The SMILES string of the molecule is C[C@H]1Cc2cc(C(=O)Nc3cccc(F)c3)ccc2N1S(=O)(=O)c1ccccc1. The van der Waals surface area contributed by atoms with E-state index < -0.39 is 15.8 Å². The smallest absolute Gasteiger partial charge is 0.264 e. The van der Waals surface area contributed by atoms with Gasteiger partial charge >= 0.3 is 0 Å². The largest absolute Gasteiger partial charge is 0.322 e. The second kappa shape index (κ2) is 7.33. The Bertz CT molecular complexity index is 1180. The molecule has 4 rings (SSSR count). The monoisotopic (exact) mass is 410 g/mol. The van der Waals surface area contributed by atoms with Gasteiger partial charge in [-0.3, -0.25) is 9.10 Å². The Morgan fingerprint density at radius 2 is 1.79 bits per heavy atom. The maximum absolute atomic E-state index is 13.3. The number of fused-ring (bicyclic) bond motifs is 1. The molecule has 0 aromatic heterocycles. The summed E-state index contributed by atoms with van der Waals surface area (Å²) in [4.78, 5) is 12.8. The van der Waals surface area contributed by atoms with Crippen molar-refractivity contribution in [3.63, 3.8) is 0 Å². The maximum Gasteiger partial charge on any atom is 0.264 e. The van der Waals surface area contributed by atoms with Gasteiger partial charge in [0.15, 0.2) is 0 Å². The van der Waals surface area contributed by atoms with Crippen LogP contribution in [0.5, 0.6) is 0 Å². The van der Waals surface area contributed by atoms with Crippen molar-refractivity contribution in [2.75, 3.05) is 9.62 Å². The first kappa shape index (κ1) is 19.1. The molecule has 1 aliphatic heterocycles. The number of rotatable bonds is 4. The summed E-state index contributed by atoms with van der Waals surface area (Å²) < 4.78 is 41.0. The molecular weight excluding hydrogens is 391 g/mol. The number of halogens is 1. The van der Waals surface area contributed by atoms with Crippen LogP contribution < -0.4 is 9.62 Å². The molecule has 3 aromatic carbocycles. The average Bonchev–Trinajstić information content (AvgIpc) is 3.04. The zero-order chi connectivity index (χ0) is 20.6. The molecule has 148 valence electrons. The lowest BCUT2D eigenvalue weighted by atomic mass is 10.1. The molecule has 0 aliphatic carbocycles. The topological polar surface area (TPSA) is 66.5 Å². The van der Waals surface area contributed by atoms with Gasteiger partial charge in [-0.1, -0.05) is 24.3 Å². The molecule has 1 heterocycles. The first-order valence-electron chi connectivity index (χ1n) is 9.15. The van der Waals surface area contributed by atoms with Crippen LogP contribution in [0.15, 0.2) is 77.7 Å². The fourth-order valence-corrected chi connectivity index (χ4v) is 5.30. The number of hydrogen-bond acceptors (Lipinski definition) is 3. The summed E-state index contributed by atoms with van der Waals surface area (Å²) in [6, 6.07) is 18.6. The summed E-state index contributed by atoms with van der Waals surface area (Å²) in [6.45, 7) is 1.84. The minimum Gasteiger partial charge on any atom is -0.322 e. The molecular formula is C22H19FN2O3S. The van der Waals surface area contributed by atoms with Crippen LogP contribution in [-0.4, -0.2) is 20.4 Å². The molecule has 5 nitrogen and oxygen atoms in total. The van der Waals surface area contributed by atoms with Gasteiger partial charge in [-0.25, -0.2) is 12.8 Å². The van der Waals surface area contributed by atoms with Crippen LogP contribution in [0, 0.1) is 5.82 Å². The van der Waals surface area contributed by atoms with E-state index in [2.05, 4.69) is 5.32 Å². The average molecular weight is 410 g/mol. The Hall–Kier alpha value is -3.19. The molecule has 0 fully saturated rings. The van der Waals surface area contributed by atoms with Crippen molar-refractivity contribution in [2.24, 2.45) is 0 Å². The van der Waals surface area contributed by atoms with Crippen LogP contribution in [0.3, 0.4) is 0 Å². The van der Waals surface area contributed by atoms with E-state index in [1.807, 2.05) is 6.92 Å². The van der Waals surface area contributed by atoms with Crippen LogP contribution in [0.4, 0.5) is 15.8 Å². The van der Waals surface area contributed by atoms with E-state index in [0.29, 0.717) is 23.4 Å². The van der Waals surface area contributed by atoms with Gasteiger partial charge in [-0.05, 0) is 67.4 Å². The molecule has 1 aliphatic rings. The Labute approximate surface area is 168 Å². The van der Waals surface area contributed by atoms with Crippen LogP contribution in [0.1, 0.15) is 22.8 Å². The molecule has 0 radical (unpaired) electrons. The Morgan fingerprint density at radius 1 is 1.03 bits per heavy atom. The van der Waals surface area contributed by atoms with Crippen molar-refractivity contribution in [1.82, 2.24) is 0 Å².